The molecule has 0 radical (unpaired) electrons. The molecule has 1 aliphatic rings. The van der Waals surface area contributed by atoms with Crippen LogP contribution in [0.5, 0.6) is 0 Å². The second kappa shape index (κ2) is 7.25. The van der Waals surface area contributed by atoms with Crippen LogP contribution in [0.3, 0.4) is 0 Å². The summed E-state index contributed by atoms with van der Waals surface area (Å²) in [6.45, 7) is 3.24. The summed E-state index contributed by atoms with van der Waals surface area (Å²) in [5, 5.41) is 4.08. The standard InChI is InChI=1S/C16H23ClFN/c1-2-9-19-14-6-4-3-5-12(10-14)15-8-7-13(17)11-16(15)18/h7-8,11-12,14,19H,2-6,9-10H2,1H3. The van der Waals surface area contributed by atoms with Gasteiger partial charge in [-0.15, -0.1) is 0 Å². The van der Waals surface area contributed by atoms with E-state index in [0.717, 1.165) is 31.4 Å². The molecule has 3 heteroatoms. The first-order chi connectivity index (χ1) is 9.20. The van der Waals surface area contributed by atoms with E-state index in [2.05, 4.69) is 12.2 Å². The van der Waals surface area contributed by atoms with Crippen molar-refractivity contribution in [2.45, 2.75) is 57.4 Å². The summed E-state index contributed by atoms with van der Waals surface area (Å²) in [5.41, 5.74) is 0.842. The highest BCUT2D eigenvalue weighted by Crippen LogP contribution is 2.34. The average molecular weight is 284 g/mol. The summed E-state index contributed by atoms with van der Waals surface area (Å²) in [5.74, 6) is 0.183. The maximum absolute atomic E-state index is 14.0. The predicted molar refractivity (Wildman–Crippen MR) is 79.3 cm³/mol. The number of hydrogen-bond donors (Lipinski definition) is 1. The molecule has 19 heavy (non-hydrogen) atoms. The molecule has 0 amide bonds. The molecule has 2 unspecified atom stereocenters. The lowest BCUT2D eigenvalue weighted by molar-refractivity contribution is 0.433. The number of benzene rings is 1. The van der Waals surface area contributed by atoms with Gasteiger partial charge in [0.15, 0.2) is 0 Å². The van der Waals surface area contributed by atoms with Crippen molar-refractivity contribution < 1.29 is 4.39 Å². The Labute approximate surface area is 120 Å². The van der Waals surface area contributed by atoms with Crippen molar-refractivity contribution in [1.82, 2.24) is 5.32 Å². The zero-order chi connectivity index (χ0) is 13.7. The highest BCUT2D eigenvalue weighted by Gasteiger charge is 2.23. The molecule has 106 valence electrons. The minimum atomic E-state index is -0.145. The second-order valence-corrected chi connectivity index (χ2v) is 5.97. The van der Waals surface area contributed by atoms with Crippen LogP contribution in [0.15, 0.2) is 18.2 Å². The molecular formula is C16H23ClFN. The molecular weight excluding hydrogens is 261 g/mol. The molecule has 1 nitrogen and oxygen atoms in total. The van der Waals surface area contributed by atoms with E-state index >= 15 is 0 Å². The summed E-state index contributed by atoms with van der Waals surface area (Å²) in [6.07, 6.45) is 6.92. The quantitative estimate of drug-likeness (QED) is 0.776. The Hall–Kier alpha value is -0.600. The van der Waals surface area contributed by atoms with E-state index in [1.165, 1.54) is 25.3 Å². The SMILES string of the molecule is CCCNC1CCCCC(c2ccc(Cl)cc2F)C1. The normalized spacial score (nSPS) is 24.2. The van der Waals surface area contributed by atoms with Crippen LogP contribution in [0.4, 0.5) is 4.39 Å². The van der Waals surface area contributed by atoms with Gasteiger partial charge in [0.1, 0.15) is 5.82 Å². The van der Waals surface area contributed by atoms with E-state index in [0.29, 0.717) is 17.0 Å². The highest BCUT2D eigenvalue weighted by atomic mass is 35.5. The molecule has 1 N–H and O–H groups in total. The Morgan fingerprint density at radius 1 is 1.32 bits per heavy atom. The van der Waals surface area contributed by atoms with E-state index in [1.807, 2.05) is 6.07 Å². The van der Waals surface area contributed by atoms with Crippen molar-refractivity contribution in [3.05, 3.63) is 34.6 Å². The fraction of sp³-hybridized carbons (Fsp3) is 0.625. The van der Waals surface area contributed by atoms with Gasteiger partial charge < -0.3 is 5.32 Å². The van der Waals surface area contributed by atoms with Gasteiger partial charge in [-0.1, -0.05) is 37.4 Å². The highest BCUT2D eigenvalue weighted by molar-refractivity contribution is 6.30. The summed E-state index contributed by atoms with van der Waals surface area (Å²) >= 11 is 5.83. The van der Waals surface area contributed by atoms with Crippen molar-refractivity contribution in [2.24, 2.45) is 0 Å². The monoisotopic (exact) mass is 283 g/mol. The summed E-state index contributed by atoms with van der Waals surface area (Å²) in [7, 11) is 0. The van der Waals surface area contributed by atoms with Gasteiger partial charge in [-0.05, 0) is 55.8 Å². The van der Waals surface area contributed by atoms with Gasteiger partial charge in [-0.2, -0.15) is 0 Å². The van der Waals surface area contributed by atoms with Gasteiger partial charge in [0, 0.05) is 11.1 Å². The molecule has 2 atom stereocenters. The van der Waals surface area contributed by atoms with Gasteiger partial charge in [0.2, 0.25) is 0 Å². The molecule has 0 aliphatic heterocycles. The van der Waals surface area contributed by atoms with Crippen LogP contribution in [0.2, 0.25) is 5.02 Å². The topological polar surface area (TPSA) is 12.0 Å². The molecule has 0 spiro atoms. The molecule has 0 bridgehead atoms. The van der Waals surface area contributed by atoms with E-state index in [9.17, 15) is 4.39 Å². The maximum Gasteiger partial charge on any atom is 0.128 e. The van der Waals surface area contributed by atoms with Crippen LogP contribution < -0.4 is 5.32 Å². The maximum atomic E-state index is 14.0. The fourth-order valence-electron chi connectivity index (χ4n) is 3.01. The van der Waals surface area contributed by atoms with E-state index in [-0.39, 0.29) is 5.82 Å². The van der Waals surface area contributed by atoms with Crippen LogP contribution in [0, 0.1) is 5.82 Å². The molecule has 0 aromatic heterocycles. The van der Waals surface area contributed by atoms with E-state index < -0.39 is 0 Å². The third-order valence-corrected chi connectivity index (χ3v) is 4.24. The third kappa shape index (κ3) is 4.19. The first kappa shape index (κ1) is 14.8. The van der Waals surface area contributed by atoms with Crippen molar-refractivity contribution in [1.29, 1.82) is 0 Å². The third-order valence-electron chi connectivity index (χ3n) is 4.01. The number of nitrogens with one attached hydrogen (secondary N) is 1. The molecule has 1 aliphatic carbocycles. The lowest BCUT2D eigenvalue weighted by atomic mass is 9.90. The number of hydrogen-bond acceptors (Lipinski definition) is 1. The van der Waals surface area contributed by atoms with Crippen molar-refractivity contribution in [3.63, 3.8) is 0 Å². The largest absolute Gasteiger partial charge is 0.314 e. The van der Waals surface area contributed by atoms with Gasteiger partial charge in [-0.25, -0.2) is 4.39 Å². The Bertz CT molecular complexity index is 408. The molecule has 1 saturated carbocycles. The Morgan fingerprint density at radius 3 is 2.84 bits per heavy atom. The smallest absolute Gasteiger partial charge is 0.128 e. The molecule has 1 aromatic carbocycles. The summed E-state index contributed by atoms with van der Waals surface area (Å²) in [4.78, 5) is 0. The summed E-state index contributed by atoms with van der Waals surface area (Å²) < 4.78 is 14.0. The second-order valence-electron chi connectivity index (χ2n) is 5.53. The van der Waals surface area contributed by atoms with E-state index in [1.54, 1.807) is 6.07 Å². The van der Waals surface area contributed by atoms with Crippen LogP contribution in [0.1, 0.15) is 56.9 Å². The number of halogens is 2. The van der Waals surface area contributed by atoms with Crippen LogP contribution in [-0.4, -0.2) is 12.6 Å². The van der Waals surface area contributed by atoms with Gasteiger partial charge in [0.25, 0.3) is 0 Å². The van der Waals surface area contributed by atoms with Crippen molar-refractivity contribution in [3.8, 4) is 0 Å². The predicted octanol–water partition coefficient (Wildman–Crippen LogP) is 4.90. The van der Waals surface area contributed by atoms with E-state index in [4.69, 9.17) is 11.6 Å². The minimum absolute atomic E-state index is 0.145. The Balaban J connectivity index is 2.08. The molecule has 0 heterocycles. The molecule has 1 aromatic rings. The average Bonchev–Trinajstić information content (AvgIpc) is 2.62. The zero-order valence-electron chi connectivity index (χ0n) is 11.6. The first-order valence-corrected chi connectivity index (χ1v) is 7.76. The molecule has 1 fully saturated rings. The van der Waals surface area contributed by atoms with Gasteiger partial charge >= 0.3 is 0 Å². The van der Waals surface area contributed by atoms with Crippen LogP contribution >= 0.6 is 11.6 Å². The zero-order valence-corrected chi connectivity index (χ0v) is 12.3. The molecule has 2 rings (SSSR count). The van der Waals surface area contributed by atoms with Gasteiger partial charge in [0.05, 0.1) is 0 Å². The minimum Gasteiger partial charge on any atom is -0.314 e. The lowest BCUT2D eigenvalue weighted by Crippen LogP contribution is -2.30. The first-order valence-electron chi connectivity index (χ1n) is 7.39. The van der Waals surface area contributed by atoms with Crippen LogP contribution in [0.25, 0.3) is 0 Å². The lowest BCUT2D eigenvalue weighted by Gasteiger charge is -2.22. The fourth-order valence-corrected chi connectivity index (χ4v) is 3.17. The summed E-state index contributed by atoms with van der Waals surface area (Å²) in [6, 6.07) is 5.64. The Kier molecular flexibility index (Phi) is 5.65. The van der Waals surface area contributed by atoms with Crippen LogP contribution in [-0.2, 0) is 0 Å². The Morgan fingerprint density at radius 2 is 2.11 bits per heavy atom. The van der Waals surface area contributed by atoms with Crippen molar-refractivity contribution >= 4 is 11.6 Å². The number of rotatable bonds is 4. The van der Waals surface area contributed by atoms with Gasteiger partial charge in [-0.3, -0.25) is 0 Å². The molecule has 0 saturated heterocycles. The van der Waals surface area contributed by atoms with Crippen molar-refractivity contribution in [2.75, 3.05) is 6.54 Å².